The minimum absolute atomic E-state index is 0.0670. The van der Waals surface area contributed by atoms with Crippen molar-refractivity contribution in [1.29, 1.82) is 0 Å². The number of nitrogens with two attached hydrogens (primary N) is 1. The molecule has 1 aromatic carbocycles. The molecule has 0 aliphatic carbocycles. The van der Waals surface area contributed by atoms with E-state index in [-0.39, 0.29) is 17.9 Å². The molecule has 6 heteroatoms. The number of phenolic OH excluding ortho intramolecular Hbond substituents is 1. The van der Waals surface area contributed by atoms with Crippen LogP contribution in [0.15, 0.2) is 30.9 Å². The largest absolute Gasteiger partial charge is 0.508 e. The van der Waals surface area contributed by atoms with Gasteiger partial charge in [-0.2, -0.15) is 0 Å². The van der Waals surface area contributed by atoms with E-state index in [2.05, 4.69) is 6.58 Å². The second-order valence-corrected chi connectivity index (χ2v) is 5.21. The highest BCUT2D eigenvalue weighted by Gasteiger charge is 2.39. The molecule has 1 aliphatic heterocycles. The fourth-order valence-corrected chi connectivity index (χ4v) is 2.60. The second kappa shape index (κ2) is 5.57. The lowest BCUT2D eigenvalue weighted by Crippen LogP contribution is -2.50. The Labute approximate surface area is 122 Å². The van der Waals surface area contributed by atoms with Crippen molar-refractivity contribution in [3.05, 3.63) is 36.4 Å². The minimum Gasteiger partial charge on any atom is -0.508 e. The summed E-state index contributed by atoms with van der Waals surface area (Å²) < 4.78 is 0. The Morgan fingerprint density at radius 2 is 2.14 bits per heavy atom. The normalized spacial score (nSPS) is 21.9. The number of piperidine rings is 1. The second-order valence-electron chi connectivity index (χ2n) is 5.21. The molecule has 1 aliphatic rings. The van der Waals surface area contributed by atoms with Gasteiger partial charge in [0, 0.05) is 17.8 Å². The number of nitrogens with zero attached hydrogens (tertiary/aromatic N) is 1. The first-order valence-electron chi connectivity index (χ1n) is 6.64. The van der Waals surface area contributed by atoms with Crippen molar-refractivity contribution in [2.45, 2.75) is 18.4 Å². The van der Waals surface area contributed by atoms with E-state index in [1.165, 1.54) is 23.1 Å². The Hall–Kier alpha value is -2.34. The average molecular weight is 290 g/mol. The van der Waals surface area contributed by atoms with E-state index in [0.717, 1.165) is 6.08 Å². The molecular weight excluding hydrogens is 272 g/mol. The maximum Gasteiger partial charge on any atom is 0.294 e. The van der Waals surface area contributed by atoms with Crippen LogP contribution in [0.5, 0.6) is 5.75 Å². The molecule has 1 atom stereocenters. The first kappa shape index (κ1) is 15.1. The van der Waals surface area contributed by atoms with Crippen LogP contribution in [0.25, 0.3) is 0 Å². The molecule has 0 aromatic heterocycles. The number of anilines is 1. The Morgan fingerprint density at radius 3 is 2.81 bits per heavy atom. The fourth-order valence-electron chi connectivity index (χ4n) is 2.60. The molecule has 6 nitrogen and oxygen atoms in total. The van der Waals surface area contributed by atoms with Gasteiger partial charge in [0.05, 0.1) is 6.54 Å². The van der Waals surface area contributed by atoms with Gasteiger partial charge in [-0.1, -0.05) is 6.58 Å². The van der Waals surface area contributed by atoms with Gasteiger partial charge in [0.2, 0.25) is 5.78 Å². The number of rotatable bonds is 3. The number of benzene rings is 1. The van der Waals surface area contributed by atoms with Crippen molar-refractivity contribution in [1.82, 2.24) is 4.90 Å². The summed E-state index contributed by atoms with van der Waals surface area (Å²) in [6, 6.07) is 4.41. The number of ketones is 1. The summed E-state index contributed by atoms with van der Waals surface area (Å²) in [5.74, 6) is -1.50. The quantitative estimate of drug-likeness (QED) is 0.326. The smallest absolute Gasteiger partial charge is 0.294 e. The van der Waals surface area contributed by atoms with E-state index in [9.17, 15) is 19.8 Å². The lowest BCUT2D eigenvalue weighted by molar-refractivity contribution is -0.147. The van der Waals surface area contributed by atoms with Crippen LogP contribution < -0.4 is 5.73 Å². The van der Waals surface area contributed by atoms with Crippen LogP contribution in [0.3, 0.4) is 0 Å². The first-order chi connectivity index (χ1) is 9.87. The van der Waals surface area contributed by atoms with Gasteiger partial charge in [-0.15, -0.1) is 0 Å². The average Bonchev–Trinajstić information content (AvgIpc) is 2.48. The topological polar surface area (TPSA) is 104 Å². The van der Waals surface area contributed by atoms with Gasteiger partial charge < -0.3 is 20.8 Å². The van der Waals surface area contributed by atoms with E-state index in [1.807, 2.05) is 0 Å². The molecule has 0 radical (unpaired) electrons. The third-order valence-corrected chi connectivity index (χ3v) is 3.68. The molecule has 4 N–H and O–H groups in total. The van der Waals surface area contributed by atoms with Crippen LogP contribution in [0.4, 0.5) is 5.69 Å². The number of aromatic hydroxyl groups is 1. The summed E-state index contributed by atoms with van der Waals surface area (Å²) in [5, 5.41) is 20.7. The SMILES string of the molecule is C=CC(=O)C(=O)N1CCCC(O)(c2cc(N)ccc2O)C1. The number of aliphatic hydroxyl groups is 1. The van der Waals surface area contributed by atoms with Gasteiger partial charge in [-0.3, -0.25) is 9.59 Å². The molecule has 1 aromatic rings. The van der Waals surface area contributed by atoms with Gasteiger partial charge in [0.1, 0.15) is 11.4 Å². The first-order valence-corrected chi connectivity index (χ1v) is 6.64. The fraction of sp³-hybridized carbons (Fsp3) is 0.333. The predicted octanol–water partition coefficient (Wildman–Crippen LogP) is 0.539. The summed E-state index contributed by atoms with van der Waals surface area (Å²) in [5.41, 5.74) is 4.94. The number of likely N-dealkylation sites (tertiary alicyclic amines) is 1. The van der Waals surface area contributed by atoms with Gasteiger partial charge in [0.15, 0.2) is 0 Å². The van der Waals surface area contributed by atoms with Crippen LogP contribution in [0, 0.1) is 0 Å². The summed E-state index contributed by atoms with van der Waals surface area (Å²) in [7, 11) is 0. The van der Waals surface area contributed by atoms with Crippen molar-refractivity contribution >= 4 is 17.4 Å². The molecule has 1 heterocycles. The molecule has 0 bridgehead atoms. The van der Waals surface area contributed by atoms with Gasteiger partial charge in [-0.05, 0) is 37.1 Å². The maximum atomic E-state index is 11.9. The van der Waals surface area contributed by atoms with E-state index < -0.39 is 17.3 Å². The zero-order valence-electron chi connectivity index (χ0n) is 11.6. The molecule has 0 saturated carbocycles. The number of hydrogen-bond acceptors (Lipinski definition) is 5. The summed E-state index contributed by atoms with van der Waals surface area (Å²) in [4.78, 5) is 24.6. The van der Waals surface area contributed by atoms with Gasteiger partial charge in [0.25, 0.3) is 5.91 Å². The number of carbonyl (C=O) groups is 2. The highest BCUT2D eigenvalue weighted by Crippen LogP contribution is 2.37. The standard InChI is InChI=1S/C15H18N2O4/c1-2-12(18)14(20)17-7-3-6-15(21,9-17)11-8-10(16)4-5-13(11)19/h2,4-5,8,19,21H,1,3,6-7,9,16H2. The number of nitrogen functional groups attached to an aromatic ring is 1. The molecule has 1 amide bonds. The predicted molar refractivity (Wildman–Crippen MR) is 77.4 cm³/mol. The van der Waals surface area contributed by atoms with E-state index in [4.69, 9.17) is 5.73 Å². The summed E-state index contributed by atoms with van der Waals surface area (Å²) in [6.07, 6.45) is 1.84. The number of phenols is 1. The summed E-state index contributed by atoms with van der Waals surface area (Å²) >= 11 is 0. The van der Waals surface area contributed by atoms with Gasteiger partial charge in [-0.25, -0.2) is 0 Å². The van der Waals surface area contributed by atoms with Crippen LogP contribution in [0.2, 0.25) is 0 Å². The Morgan fingerprint density at radius 1 is 1.43 bits per heavy atom. The Kier molecular flexibility index (Phi) is 3.99. The van der Waals surface area contributed by atoms with E-state index >= 15 is 0 Å². The number of β-amino-alcohol motifs (C(OH)–C–C–N with tert-alkyl or cyclic N) is 1. The monoisotopic (exact) mass is 290 g/mol. The maximum absolute atomic E-state index is 11.9. The molecule has 2 rings (SSSR count). The number of carbonyl (C=O) groups excluding carboxylic acids is 2. The molecule has 0 spiro atoms. The van der Waals surface area contributed by atoms with Crippen LogP contribution in [-0.4, -0.2) is 39.9 Å². The third-order valence-electron chi connectivity index (χ3n) is 3.68. The van der Waals surface area contributed by atoms with Crippen LogP contribution in [-0.2, 0) is 15.2 Å². The van der Waals surface area contributed by atoms with Crippen molar-refractivity contribution in [3.63, 3.8) is 0 Å². The Balaban J connectivity index is 2.30. The molecule has 112 valence electrons. The lowest BCUT2D eigenvalue weighted by atomic mass is 9.84. The van der Waals surface area contributed by atoms with Crippen LogP contribution in [0.1, 0.15) is 18.4 Å². The lowest BCUT2D eigenvalue weighted by Gasteiger charge is -2.39. The zero-order chi connectivity index (χ0) is 15.6. The Bertz CT molecular complexity index is 599. The highest BCUT2D eigenvalue weighted by atomic mass is 16.3. The molecule has 1 fully saturated rings. The molecule has 21 heavy (non-hydrogen) atoms. The summed E-state index contributed by atoms with van der Waals surface area (Å²) in [6.45, 7) is 3.59. The number of amides is 1. The van der Waals surface area contributed by atoms with E-state index in [1.54, 1.807) is 0 Å². The van der Waals surface area contributed by atoms with Crippen molar-refractivity contribution in [3.8, 4) is 5.75 Å². The zero-order valence-corrected chi connectivity index (χ0v) is 11.6. The highest BCUT2D eigenvalue weighted by molar-refractivity contribution is 6.40. The van der Waals surface area contributed by atoms with Crippen LogP contribution >= 0.6 is 0 Å². The van der Waals surface area contributed by atoms with Crippen molar-refractivity contribution < 1.29 is 19.8 Å². The van der Waals surface area contributed by atoms with E-state index in [0.29, 0.717) is 25.1 Å². The molecular formula is C15H18N2O4. The van der Waals surface area contributed by atoms with Gasteiger partial charge >= 0.3 is 0 Å². The third kappa shape index (κ3) is 2.90. The molecule has 1 unspecified atom stereocenters. The van der Waals surface area contributed by atoms with Crippen molar-refractivity contribution in [2.24, 2.45) is 0 Å². The number of hydrogen-bond donors (Lipinski definition) is 3. The minimum atomic E-state index is -1.42. The molecule has 1 saturated heterocycles. The van der Waals surface area contributed by atoms with Crippen molar-refractivity contribution in [2.75, 3.05) is 18.8 Å².